The zero-order valence-electron chi connectivity index (χ0n) is 19.5. The van der Waals surface area contributed by atoms with Gasteiger partial charge in [0.1, 0.15) is 18.4 Å². The molecule has 0 amide bonds. The molecular weight excluding hydrogens is 434 g/mol. The summed E-state index contributed by atoms with van der Waals surface area (Å²) in [5.74, 6) is 0.285. The highest BCUT2D eigenvalue weighted by Crippen LogP contribution is 2.32. The number of hydrogen-bond donors (Lipinski definition) is 1. The van der Waals surface area contributed by atoms with Crippen molar-refractivity contribution in [3.8, 4) is 11.8 Å². The van der Waals surface area contributed by atoms with Gasteiger partial charge in [-0.25, -0.2) is 4.79 Å². The number of carbonyl (C=O) groups is 1. The fourth-order valence-corrected chi connectivity index (χ4v) is 5.29. The minimum Gasteiger partial charge on any atom is -0.495 e. The van der Waals surface area contributed by atoms with Gasteiger partial charge in [0.25, 0.3) is 0 Å². The number of aliphatic hydroxyl groups is 1. The van der Waals surface area contributed by atoms with Crippen molar-refractivity contribution in [1.29, 1.82) is 5.26 Å². The molecule has 8 heteroatoms. The van der Waals surface area contributed by atoms with Gasteiger partial charge in [0.05, 0.1) is 37.1 Å². The van der Waals surface area contributed by atoms with Crippen LogP contribution in [0.4, 0.5) is 0 Å². The van der Waals surface area contributed by atoms with Crippen molar-refractivity contribution in [3.05, 3.63) is 63.7 Å². The molecule has 0 aromatic heterocycles. The number of benzene rings is 2. The van der Waals surface area contributed by atoms with Gasteiger partial charge in [0, 0.05) is 44.3 Å². The number of aliphatic hydroxyl groups excluding tert-OH is 1. The molecule has 2 aromatic rings. The van der Waals surface area contributed by atoms with E-state index in [1.807, 2.05) is 25.1 Å². The first-order chi connectivity index (χ1) is 16.5. The van der Waals surface area contributed by atoms with Crippen LogP contribution in [0.15, 0.2) is 30.3 Å². The van der Waals surface area contributed by atoms with Gasteiger partial charge in [-0.05, 0) is 41.8 Å². The van der Waals surface area contributed by atoms with E-state index in [1.165, 1.54) is 0 Å². The van der Waals surface area contributed by atoms with Crippen molar-refractivity contribution in [3.63, 3.8) is 0 Å². The highest BCUT2D eigenvalue weighted by Gasteiger charge is 2.35. The van der Waals surface area contributed by atoms with E-state index in [1.54, 1.807) is 19.2 Å². The van der Waals surface area contributed by atoms with Crippen molar-refractivity contribution in [1.82, 2.24) is 9.80 Å². The monoisotopic (exact) mass is 463 g/mol. The Labute approximate surface area is 199 Å². The number of β-amino-alcohol motifs (C(OH)–C–C–N with tert-alkyl or cyclic N) is 1. The highest BCUT2D eigenvalue weighted by atomic mass is 16.5. The molecule has 3 unspecified atom stereocenters. The summed E-state index contributed by atoms with van der Waals surface area (Å²) in [7, 11) is 1.57. The molecule has 178 valence electrons. The summed E-state index contributed by atoms with van der Waals surface area (Å²) in [6.45, 7) is 6.75. The Hall–Kier alpha value is -2.96. The van der Waals surface area contributed by atoms with Gasteiger partial charge in [-0.15, -0.1) is 0 Å². The van der Waals surface area contributed by atoms with E-state index >= 15 is 0 Å². The maximum atomic E-state index is 11.8. The van der Waals surface area contributed by atoms with Crippen LogP contribution in [0, 0.1) is 18.3 Å². The molecule has 3 aliphatic heterocycles. The second kappa shape index (κ2) is 9.35. The van der Waals surface area contributed by atoms with Gasteiger partial charge in [0.15, 0.2) is 0 Å². The Morgan fingerprint density at radius 2 is 2.12 bits per heavy atom. The minimum atomic E-state index is -0.629. The van der Waals surface area contributed by atoms with E-state index in [-0.39, 0.29) is 24.7 Å². The Morgan fingerprint density at radius 1 is 1.26 bits per heavy atom. The van der Waals surface area contributed by atoms with E-state index < -0.39 is 6.10 Å². The molecule has 0 saturated carbocycles. The lowest BCUT2D eigenvalue weighted by Crippen LogP contribution is -2.58. The van der Waals surface area contributed by atoms with Crippen LogP contribution in [0.3, 0.4) is 0 Å². The fourth-order valence-electron chi connectivity index (χ4n) is 5.29. The normalized spacial score (nSPS) is 23.5. The number of methoxy groups -OCH3 is 1. The van der Waals surface area contributed by atoms with Crippen LogP contribution < -0.4 is 4.74 Å². The molecule has 2 fully saturated rings. The Morgan fingerprint density at radius 3 is 2.91 bits per heavy atom. The first kappa shape index (κ1) is 22.8. The Balaban J connectivity index is 1.21. The first-order valence-corrected chi connectivity index (χ1v) is 11.6. The molecule has 1 N–H and O–H groups in total. The van der Waals surface area contributed by atoms with Crippen LogP contribution >= 0.6 is 0 Å². The predicted octanol–water partition coefficient (Wildman–Crippen LogP) is 2.34. The molecule has 8 nitrogen and oxygen atoms in total. The maximum Gasteiger partial charge on any atom is 0.338 e. The molecule has 2 aromatic carbocycles. The van der Waals surface area contributed by atoms with E-state index in [0.29, 0.717) is 30.0 Å². The number of piperazine rings is 1. The van der Waals surface area contributed by atoms with Crippen LogP contribution in [-0.4, -0.2) is 73.4 Å². The molecule has 3 atom stereocenters. The van der Waals surface area contributed by atoms with Crippen LogP contribution in [0.2, 0.25) is 0 Å². The average molecular weight is 464 g/mol. The number of carbonyl (C=O) groups excluding carboxylic acids is 1. The molecule has 3 aliphatic rings. The average Bonchev–Trinajstić information content (AvgIpc) is 3.24. The summed E-state index contributed by atoms with van der Waals surface area (Å²) >= 11 is 0. The van der Waals surface area contributed by atoms with Crippen molar-refractivity contribution < 1.29 is 24.1 Å². The standard InChI is InChI=1S/C26H29N3O5/c1-16-20(5-6-21-22(16)15-34-26(21)31)23(30)12-28-7-8-29-13-25(33-14-19(29)11-28)17-3-4-18(10-27)24(9-17)32-2/h3-6,9,19,23,25,30H,7-8,11-15H2,1-2H3. The quantitative estimate of drug-likeness (QED) is 0.676. The molecule has 34 heavy (non-hydrogen) atoms. The van der Waals surface area contributed by atoms with Gasteiger partial charge in [0.2, 0.25) is 0 Å². The lowest BCUT2D eigenvalue weighted by Gasteiger charge is -2.46. The van der Waals surface area contributed by atoms with Crippen LogP contribution in [0.1, 0.15) is 50.4 Å². The molecule has 0 radical (unpaired) electrons. The van der Waals surface area contributed by atoms with Crippen molar-refractivity contribution in [2.45, 2.75) is 31.8 Å². The van der Waals surface area contributed by atoms with E-state index in [0.717, 1.165) is 48.4 Å². The number of nitriles is 1. The summed E-state index contributed by atoms with van der Waals surface area (Å²) in [4.78, 5) is 16.5. The van der Waals surface area contributed by atoms with Gasteiger partial charge in [-0.2, -0.15) is 5.26 Å². The third kappa shape index (κ3) is 4.17. The van der Waals surface area contributed by atoms with Gasteiger partial charge >= 0.3 is 5.97 Å². The van der Waals surface area contributed by atoms with Crippen LogP contribution in [0.25, 0.3) is 0 Å². The van der Waals surface area contributed by atoms with E-state index in [2.05, 4.69) is 15.9 Å². The number of esters is 1. The molecule has 0 spiro atoms. The van der Waals surface area contributed by atoms with Gasteiger partial charge in [-0.3, -0.25) is 9.80 Å². The third-order valence-corrected chi connectivity index (χ3v) is 7.29. The third-order valence-electron chi connectivity index (χ3n) is 7.29. The second-order valence-electron chi connectivity index (χ2n) is 9.20. The number of cyclic esters (lactones) is 1. The number of rotatable bonds is 5. The smallest absolute Gasteiger partial charge is 0.338 e. The molecular formula is C26H29N3O5. The number of ether oxygens (including phenoxy) is 3. The predicted molar refractivity (Wildman–Crippen MR) is 123 cm³/mol. The SMILES string of the molecule is COc1cc(C2CN3CCN(CC(O)c4ccc5c(c4C)COC5=O)CC3CO2)ccc1C#N. The highest BCUT2D eigenvalue weighted by molar-refractivity contribution is 5.93. The molecule has 5 rings (SSSR count). The second-order valence-corrected chi connectivity index (χ2v) is 9.20. The Bertz CT molecular complexity index is 1140. The zero-order chi connectivity index (χ0) is 23.8. The molecule has 2 saturated heterocycles. The minimum absolute atomic E-state index is 0.0611. The number of hydrogen-bond acceptors (Lipinski definition) is 8. The summed E-state index contributed by atoms with van der Waals surface area (Å²) in [6, 6.07) is 11.7. The molecule has 3 heterocycles. The maximum absolute atomic E-state index is 11.8. The summed E-state index contributed by atoms with van der Waals surface area (Å²) in [5.41, 5.74) is 4.82. The van der Waals surface area contributed by atoms with Crippen molar-refractivity contribution in [2.24, 2.45) is 0 Å². The lowest BCUT2D eigenvalue weighted by molar-refractivity contribution is -0.0937. The van der Waals surface area contributed by atoms with E-state index in [9.17, 15) is 15.2 Å². The number of morpholine rings is 1. The fraction of sp³-hybridized carbons (Fsp3) is 0.462. The largest absolute Gasteiger partial charge is 0.495 e. The summed E-state index contributed by atoms with van der Waals surface area (Å²) in [5, 5.41) is 20.2. The van der Waals surface area contributed by atoms with Gasteiger partial charge in [-0.1, -0.05) is 12.1 Å². The van der Waals surface area contributed by atoms with Crippen LogP contribution in [-0.2, 0) is 16.1 Å². The topological polar surface area (TPSA) is 95.3 Å². The van der Waals surface area contributed by atoms with Crippen molar-refractivity contribution >= 4 is 5.97 Å². The summed E-state index contributed by atoms with van der Waals surface area (Å²) < 4.78 is 16.7. The van der Waals surface area contributed by atoms with E-state index in [4.69, 9.17) is 14.2 Å². The molecule has 0 aliphatic carbocycles. The Kier molecular flexibility index (Phi) is 6.28. The zero-order valence-corrected chi connectivity index (χ0v) is 19.5. The van der Waals surface area contributed by atoms with Gasteiger partial charge < -0.3 is 19.3 Å². The molecule has 0 bridgehead atoms. The first-order valence-electron chi connectivity index (χ1n) is 11.6. The lowest BCUT2D eigenvalue weighted by atomic mass is 9.95. The number of fused-ring (bicyclic) bond motifs is 2. The van der Waals surface area contributed by atoms with Crippen LogP contribution in [0.5, 0.6) is 5.75 Å². The summed E-state index contributed by atoms with van der Waals surface area (Å²) in [6.07, 6.45) is -0.690. The number of nitrogens with zero attached hydrogens (tertiary/aromatic N) is 3. The van der Waals surface area contributed by atoms with Crippen molar-refractivity contribution in [2.75, 3.05) is 46.4 Å².